The third-order valence-corrected chi connectivity index (χ3v) is 5.39. The van der Waals surface area contributed by atoms with Crippen molar-refractivity contribution in [3.05, 3.63) is 65.2 Å². The van der Waals surface area contributed by atoms with Crippen molar-refractivity contribution in [1.82, 2.24) is 15.5 Å². The molecule has 1 unspecified atom stereocenters. The van der Waals surface area contributed by atoms with E-state index in [0.717, 1.165) is 21.7 Å². The van der Waals surface area contributed by atoms with Crippen LogP contribution in [0.3, 0.4) is 0 Å². The van der Waals surface area contributed by atoms with Crippen LogP contribution in [-0.2, 0) is 4.79 Å². The number of amides is 2. The van der Waals surface area contributed by atoms with Gasteiger partial charge in [-0.3, -0.25) is 14.9 Å². The van der Waals surface area contributed by atoms with E-state index in [1.165, 1.54) is 11.3 Å². The van der Waals surface area contributed by atoms with Gasteiger partial charge in [0.1, 0.15) is 11.0 Å². The molecule has 29 heavy (non-hydrogen) atoms. The maximum atomic E-state index is 12.8. The summed E-state index contributed by atoms with van der Waals surface area (Å²) in [5.74, 6) is -0.683. The van der Waals surface area contributed by atoms with Crippen molar-refractivity contribution in [2.75, 3.05) is 5.32 Å². The molecule has 0 aliphatic rings. The van der Waals surface area contributed by atoms with Crippen LogP contribution in [0.4, 0.5) is 5.13 Å². The third-order valence-electron chi connectivity index (χ3n) is 4.50. The van der Waals surface area contributed by atoms with Crippen LogP contribution in [-0.4, -0.2) is 28.1 Å². The van der Waals surface area contributed by atoms with E-state index in [4.69, 9.17) is 0 Å². The van der Waals surface area contributed by atoms with E-state index in [1.54, 1.807) is 12.1 Å². The maximum absolute atomic E-state index is 12.8. The van der Waals surface area contributed by atoms with Crippen molar-refractivity contribution in [3.8, 4) is 10.6 Å². The summed E-state index contributed by atoms with van der Waals surface area (Å²) in [4.78, 5) is 25.3. The lowest BCUT2D eigenvalue weighted by Crippen LogP contribution is -2.47. The Morgan fingerprint density at radius 3 is 2.07 bits per heavy atom. The fraction of sp³-hybridized carbons (Fsp3) is 0.273. The first-order valence-electron chi connectivity index (χ1n) is 9.42. The van der Waals surface area contributed by atoms with Crippen molar-refractivity contribution in [1.29, 1.82) is 0 Å². The largest absolute Gasteiger partial charge is 0.340 e. The van der Waals surface area contributed by atoms with Gasteiger partial charge in [0.05, 0.1) is 0 Å². The second kappa shape index (κ2) is 8.96. The number of hydrogen-bond donors (Lipinski definition) is 2. The molecule has 1 aromatic heterocycles. The summed E-state index contributed by atoms with van der Waals surface area (Å²) in [6.45, 7) is 7.75. The topological polar surface area (TPSA) is 84.0 Å². The van der Waals surface area contributed by atoms with E-state index in [9.17, 15) is 9.59 Å². The molecule has 0 saturated carbocycles. The van der Waals surface area contributed by atoms with Crippen LogP contribution in [0, 0.1) is 19.8 Å². The molecule has 6 nitrogen and oxygen atoms in total. The molecular formula is C22H24N4O2S. The Balaban J connectivity index is 1.69. The molecule has 0 saturated heterocycles. The predicted octanol–water partition coefficient (Wildman–Crippen LogP) is 4.22. The lowest BCUT2D eigenvalue weighted by molar-refractivity contribution is -0.118. The van der Waals surface area contributed by atoms with Gasteiger partial charge in [-0.15, -0.1) is 10.2 Å². The lowest BCUT2D eigenvalue weighted by atomic mass is 10.0. The minimum Gasteiger partial charge on any atom is -0.340 e. The van der Waals surface area contributed by atoms with Gasteiger partial charge in [-0.25, -0.2) is 0 Å². The fourth-order valence-electron chi connectivity index (χ4n) is 2.73. The van der Waals surface area contributed by atoms with Crippen LogP contribution in [0.15, 0.2) is 48.5 Å². The molecule has 0 radical (unpaired) electrons. The second-order valence-corrected chi connectivity index (χ2v) is 8.31. The summed E-state index contributed by atoms with van der Waals surface area (Å²) < 4.78 is 0. The van der Waals surface area contributed by atoms with Gasteiger partial charge in [-0.05, 0) is 31.9 Å². The average Bonchev–Trinajstić information content (AvgIpc) is 3.15. The SMILES string of the molecule is Cc1ccc(C(=O)NC(C(=O)Nc2nnc(-c3ccc(C)cc3)s2)C(C)C)cc1. The number of carbonyl (C=O) groups excluding carboxylic acids is 2. The molecule has 0 bridgehead atoms. The molecule has 3 rings (SSSR count). The fourth-order valence-corrected chi connectivity index (χ4v) is 3.49. The van der Waals surface area contributed by atoms with Crippen LogP contribution in [0.2, 0.25) is 0 Å². The van der Waals surface area contributed by atoms with E-state index in [-0.39, 0.29) is 17.7 Å². The maximum Gasteiger partial charge on any atom is 0.251 e. The normalized spacial score (nSPS) is 11.9. The molecule has 2 aromatic carbocycles. The number of nitrogens with one attached hydrogen (secondary N) is 2. The molecule has 2 amide bonds. The number of aromatic nitrogens is 2. The number of anilines is 1. The number of nitrogens with zero attached hydrogens (tertiary/aromatic N) is 2. The van der Waals surface area contributed by atoms with Gasteiger partial charge in [-0.2, -0.15) is 0 Å². The molecule has 1 atom stereocenters. The Morgan fingerprint density at radius 1 is 0.897 bits per heavy atom. The number of hydrogen-bond acceptors (Lipinski definition) is 5. The minimum atomic E-state index is -0.685. The van der Waals surface area contributed by atoms with Gasteiger partial charge < -0.3 is 5.32 Å². The van der Waals surface area contributed by atoms with Crippen molar-refractivity contribution >= 4 is 28.3 Å². The van der Waals surface area contributed by atoms with Gasteiger partial charge in [0.2, 0.25) is 11.0 Å². The van der Waals surface area contributed by atoms with Gasteiger partial charge in [-0.1, -0.05) is 72.7 Å². The van der Waals surface area contributed by atoms with Crippen LogP contribution in [0.1, 0.15) is 35.3 Å². The van der Waals surface area contributed by atoms with Crippen molar-refractivity contribution in [2.24, 2.45) is 5.92 Å². The minimum absolute atomic E-state index is 0.0890. The van der Waals surface area contributed by atoms with Gasteiger partial charge in [0.25, 0.3) is 5.91 Å². The molecular weight excluding hydrogens is 384 g/mol. The summed E-state index contributed by atoms with van der Waals surface area (Å²) in [6.07, 6.45) is 0. The summed E-state index contributed by atoms with van der Waals surface area (Å²) in [5, 5.41) is 15.0. The first-order chi connectivity index (χ1) is 13.8. The zero-order chi connectivity index (χ0) is 21.0. The van der Waals surface area contributed by atoms with E-state index < -0.39 is 6.04 Å². The number of aryl methyl sites for hydroxylation is 2. The Morgan fingerprint density at radius 2 is 1.48 bits per heavy atom. The smallest absolute Gasteiger partial charge is 0.251 e. The summed E-state index contributed by atoms with van der Waals surface area (Å²) in [6, 6.07) is 14.5. The monoisotopic (exact) mass is 408 g/mol. The van der Waals surface area contributed by atoms with E-state index >= 15 is 0 Å². The predicted molar refractivity (Wildman–Crippen MR) is 116 cm³/mol. The second-order valence-electron chi connectivity index (χ2n) is 7.33. The molecule has 2 N–H and O–H groups in total. The first-order valence-corrected chi connectivity index (χ1v) is 10.2. The highest BCUT2D eigenvalue weighted by Crippen LogP contribution is 2.26. The van der Waals surface area contributed by atoms with E-state index in [2.05, 4.69) is 20.8 Å². The quantitative estimate of drug-likeness (QED) is 0.640. The summed E-state index contributed by atoms with van der Waals surface area (Å²) >= 11 is 1.30. The molecule has 0 aliphatic carbocycles. The van der Waals surface area contributed by atoms with E-state index in [1.807, 2.05) is 64.1 Å². The number of benzene rings is 2. The summed E-state index contributed by atoms with van der Waals surface area (Å²) in [5.41, 5.74) is 3.70. The van der Waals surface area contributed by atoms with Gasteiger partial charge in [0.15, 0.2) is 0 Å². The zero-order valence-corrected chi connectivity index (χ0v) is 17.7. The van der Waals surface area contributed by atoms with Gasteiger partial charge in [0, 0.05) is 11.1 Å². The zero-order valence-electron chi connectivity index (χ0n) is 16.9. The molecule has 150 valence electrons. The number of carbonyl (C=O) groups is 2. The van der Waals surface area contributed by atoms with Crippen LogP contribution >= 0.6 is 11.3 Å². The highest BCUT2D eigenvalue weighted by Gasteiger charge is 2.25. The lowest BCUT2D eigenvalue weighted by Gasteiger charge is -2.21. The van der Waals surface area contributed by atoms with Gasteiger partial charge >= 0.3 is 0 Å². The van der Waals surface area contributed by atoms with Crippen LogP contribution in [0.5, 0.6) is 0 Å². The molecule has 0 spiro atoms. The Kier molecular flexibility index (Phi) is 6.39. The highest BCUT2D eigenvalue weighted by molar-refractivity contribution is 7.18. The van der Waals surface area contributed by atoms with Crippen molar-refractivity contribution in [2.45, 2.75) is 33.7 Å². The van der Waals surface area contributed by atoms with Crippen molar-refractivity contribution < 1.29 is 9.59 Å². The summed E-state index contributed by atoms with van der Waals surface area (Å²) in [7, 11) is 0. The Hall–Kier alpha value is -3.06. The van der Waals surface area contributed by atoms with Crippen molar-refractivity contribution in [3.63, 3.8) is 0 Å². The standard InChI is InChI=1S/C22H24N4O2S/c1-13(2)18(23-19(27)16-9-5-14(3)6-10-16)20(28)24-22-26-25-21(29-22)17-11-7-15(4)8-12-17/h5-13,18H,1-4H3,(H,23,27)(H,24,26,28). The molecule has 3 aromatic rings. The average molecular weight is 409 g/mol. The molecule has 0 fully saturated rings. The third kappa shape index (κ3) is 5.26. The number of rotatable bonds is 6. The first kappa shape index (κ1) is 20.7. The van der Waals surface area contributed by atoms with E-state index in [0.29, 0.717) is 10.7 Å². The highest BCUT2D eigenvalue weighted by atomic mass is 32.1. The Bertz CT molecular complexity index is 994. The molecule has 0 aliphatic heterocycles. The molecule has 1 heterocycles. The Labute approximate surface area is 174 Å². The van der Waals surface area contributed by atoms with Crippen LogP contribution in [0.25, 0.3) is 10.6 Å². The molecule has 7 heteroatoms. The van der Waals surface area contributed by atoms with Crippen LogP contribution < -0.4 is 10.6 Å².